The standard InChI is InChI=1S/C15H14N4O2S/c1-22(2,21)18-15(20)12-6-3-7-14-13(12)10-19(17-14)11-5-4-8-16-9-11/h3-10H,1-2H3. The second kappa shape index (κ2) is 5.34. The third-order valence-corrected chi connectivity index (χ3v) is 3.60. The quantitative estimate of drug-likeness (QED) is 0.727. The predicted molar refractivity (Wildman–Crippen MR) is 85.6 cm³/mol. The fourth-order valence-electron chi connectivity index (χ4n) is 2.10. The summed E-state index contributed by atoms with van der Waals surface area (Å²) in [7, 11) is -2.50. The van der Waals surface area contributed by atoms with E-state index in [0.29, 0.717) is 16.5 Å². The molecule has 0 unspecified atom stereocenters. The Labute approximate surface area is 128 Å². The fourth-order valence-corrected chi connectivity index (χ4v) is 2.60. The highest BCUT2D eigenvalue weighted by molar-refractivity contribution is 7.92. The van der Waals surface area contributed by atoms with Gasteiger partial charge in [0.25, 0.3) is 5.91 Å². The number of benzene rings is 1. The monoisotopic (exact) mass is 314 g/mol. The second-order valence-electron chi connectivity index (χ2n) is 5.10. The van der Waals surface area contributed by atoms with Gasteiger partial charge in [0.1, 0.15) is 0 Å². The first-order valence-electron chi connectivity index (χ1n) is 6.54. The maximum atomic E-state index is 12.2. The molecule has 0 atom stereocenters. The van der Waals surface area contributed by atoms with Gasteiger partial charge in [-0.1, -0.05) is 6.07 Å². The van der Waals surface area contributed by atoms with Crippen LogP contribution >= 0.6 is 0 Å². The van der Waals surface area contributed by atoms with E-state index in [9.17, 15) is 9.00 Å². The number of hydrogen-bond donors (Lipinski definition) is 0. The first-order valence-corrected chi connectivity index (χ1v) is 8.87. The van der Waals surface area contributed by atoms with Gasteiger partial charge in [0, 0.05) is 40.0 Å². The lowest BCUT2D eigenvalue weighted by Gasteiger charge is -1.98. The lowest BCUT2D eigenvalue weighted by atomic mass is 10.1. The van der Waals surface area contributed by atoms with E-state index in [2.05, 4.69) is 14.4 Å². The summed E-state index contributed by atoms with van der Waals surface area (Å²) in [6.45, 7) is 0. The highest BCUT2D eigenvalue weighted by Gasteiger charge is 2.13. The minimum atomic E-state index is -2.50. The first kappa shape index (κ1) is 14.4. The summed E-state index contributed by atoms with van der Waals surface area (Å²) in [6.07, 6.45) is 7.98. The Morgan fingerprint density at radius 2 is 2.05 bits per heavy atom. The molecule has 7 heteroatoms. The van der Waals surface area contributed by atoms with Crippen LogP contribution in [0.25, 0.3) is 16.6 Å². The summed E-state index contributed by atoms with van der Waals surface area (Å²) in [6, 6.07) is 8.89. The molecule has 1 aromatic carbocycles. The maximum Gasteiger partial charge on any atom is 0.285 e. The number of pyridine rings is 1. The van der Waals surface area contributed by atoms with Crippen molar-refractivity contribution >= 4 is 26.5 Å². The Kier molecular flexibility index (Phi) is 3.50. The van der Waals surface area contributed by atoms with Gasteiger partial charge in [-0.15, -0.1) is 0 Å². The van der Waals surface area contributed by atoms with Crippen LogP contribution in [0.15, 0.2) is 53.3 Å². The second-order valence-corrected chi connectivity index (χ2v) is 7.65. The van der Waals surface area contributed by atoms with Gasteiger partial charge in [-0.05, 0) is 24.3 Å². The normalized spacial score (nSPS) is 11.5. The molecule has 1 amide bonds. The van der Waals surface area contributed by atoms with Crippen LogP contribution in [0.3, 0.4) is 0 Å². The lowest BCUT2D eigenvalue weighted by Crippen LogP contribution is -2.01. The Bertz CT molecular complexity index is 962. The number of hydrogen-bond acceptors (Lipinski definition) is 4. The van der Waals surface area contributed by atoms with Gasteiger partial charge in [-0.25, -0.2) is 8.89 Å². The molecule has 0 saturated heterocycles. The van der Waals surface area contributed by atoms with E-state index < -0.39 is 15.6 Å². The average Bonchev–Trinajstić information content (AvgIpc) is 2.90. The van der Waals surface area contributed by atoms with Crippen LogP contribution in [0, 0.1) is 0 Å². The van der Waals surface area contributed by atoms with Crippen molar-refractivity contribution in [2.45, 2.75) is 0 Å². The van der Waals surface area contributed by atoms with Gasteiger partial charge >= 0.3 is 0 Å². The van der Waals surface area contributed by atoms with Gasteiger partial charge in [-0.3, -0.25) is 9.78 Å². The SMILES string of the molecule is CS(C)(=O)=NC(=O)c1cccc2nn(-c3cccnc3)cc12. The van der Waals surface area contributed by atoms with E-state index in [1.807, 2.05) is 18.2 Å². The Hall–Kier alpha value is -2.54. The molecule has 2 aromatic heterocycles. The number of nitrogens with zero attached hydrogens (tertiary/aromatic N) is 4. The fraction of sp³-hybridized carbons (Fsp3) is 0.133. The third kappa shape index (κ3) is 2.89. The van der Waals surface area contributed by atoms with Crippen LogP contribution in [0.4, 0.5) is 0 Å². The van der Waals surface area contributed by atoms with Crippen LogP contribution in [-0.4, -0.2) is 37.4 Å². The van der Waals surface area contributed by atoms with E-state index >= 15 is 0 Å². The summed E-state index contributed by atoms with van der Waals surface area (Å²) < 4.78 is 17.1. The smallest absolute Gasteiger partial charge is 0.266 e. The molecule has 0 N–H and O–H groups in total. The average molecular weight is 314 g/mol. The molecule has 22 heavy (non-hydrogen) atoms. The molecule has 0 aliphatic rings. The van der Waals surface area contributed by atoms with Gasteiger partial charge in [0.05, 0.1) is 23.0 Å². The lowest BCUT2D eigenvalue weighted by molar-refractivity contribution is 0.101. The van der Waals surface area contributed by atoms with Crippen LogP contribution in [0.5, 0.6) is 0 Å². The molecule has 6 nitrogen and oxygen atoms in total. The van der Waals surface area contributed by atoms with E-state index in [-0.39, 0.29) is 0 Å². The van der Waals surface area contributed by atoms with Crippen LogP contribution in [-0.2, 0) is 9.73 Å². The zero-order valence-corrected chi connectivity index (χ0v) is 12.9. The summed E-state index contributed by atoms with van der Waals surface area (Å²) >= 11 is 0. The number of fused-ring (bicyclic) bond motifs is 1. The molecule has 0 radical (unpaired) electrons. The number of carbonyl (C=O) groups is 1. The third-order valence-electron chi connectivity index (χ3n) is 2.99. The molecule has 3 aromatic rings. The predicted octanol–water partition coefficient (Wildman–Crippen LogP) is 2.29. The van der Waals surface area contributed by atoms with Crippen molar-refractivity contribution in [3.05, 3.63) is 54.5 Å². The van der Waals surface area contributed by atoms with Crippen LogP contribution in [0.2, 0.25) is 0 Å². The number of amides is 1. The van der Waals surface area contributed by atoms with Crippen molar-refractivity contribution in [1.82, 2.24) is 14.8 Å². The molecular formula is C15H14N4O2S. The zero-order chi connectivity index (χ0) is 15.7. The topological polar surface area (TPSA) is 77.2 Å². The number of carbonyl (C=O) groups excluding carboxylic acids is 1. The number of aromatic nitrogens is 3. The van der Waals surface area contributed by atoms with E-state index in [1.165, 1.54) is 12.5 Å². The summed E-state index contributed by atoms with van der Waals surface area (Å²) in [4.78, 5) is 16.3. The minimum absolute atomic E-state index is 0.393. The van der Waals surface area contributed by atoms with E-state index in [0.717, 1.165) is 5.69 Å². The summed E-state index contributed by atoms with van der Waals surface area (Å²) in [5.41, 5.74) is 1.86. The Morgan fingerprint density at radius 1 is 1.23 bits per heavy atom. The maximum absolute atomic E-state index is 12.2. The molecular weight excluding hydrogens is 300 g/mol. The molecule has 0 spiro atoms. The van der Waals surface area contributed by atoms with Crippen molar-refractivity contribution in [2.75, 3.05) is 12.5 Å². The van der Waals surface area contributed by atoms with Gasteiger partial charge < -0.3 is 0 Å². The highest BCUT2D eigenvalue weighted by atomic mass is 32.2. The Morgan fingerprint density at radius 3 is 2.73 bits per heavy atom. The largest absolute Gasteiger partial charge is 0.285 e. The van der Waals surface area contributed by atoms with Crippen molar-refractivity contribution < 1.29 is 9.00 Å². The van der Waals surface area contributed by atoms with E-state index in [1.54, 1.807) is 35.4 Å². The molecule has 2 heterocycles. The minimum Gasteiger partial charge on any atom is -0.266 e. The van der Waals surface area contributed by atoms with Crippen molar-refractivity contribution in [1.29, 1.82) is 0 Å². The summed E-state index contributed by atoms with van der Waals surface area (Å²) in [5, 5.41) is 5.10. The molecule has 0 saturated carbocycles. The first-order chi connectivity index (χ1) is 10.4. The number of rotatable bonds is 2. The molecule has 0 bridgehead atoms. The van der Waals surface area contributed by atoms with Crippen molar-refractivity contribution in [3.8, 4) is 5.69 Å². The molecule has 0 fully saturated rings. The van der Waals surface area contributed by atoms with E-state index in [4.69, 9.17) is 0 Å². The zero-order valence-electron chi connectivity index (χ0n) is 12.1. The van der Waals surface area contributed by atoms with Crippen LogP contribution < -0.4 is 0 Å². The van der Waals surface area contributed by atoms with Crippen molar-refractivity contribution in [2.24, 2.45) is 4.36 Å². The highest BCUT2D eigenvalue weighted by Crippen LogP contribution is 2.20. The summed E-state index contributed by atoms with van der Waals surface area (Å²) in [5.74, 6) is -0.494. The molecule has 3 rings (SSSR count). The molecule has 0 aliphatic carbocycles. The van der Waals surface area contributed by atoms with Gasteiger partial charge in [0.15, 0.2) is 0 Å². The van der Waals surface area contributed by atoms with Gasteiger partial charge in [0.2, 0.25) is 0 Å². The van der Waals surface area contributed by atoms with Crippen LogP contribution in [0.1, 0.15) is 10.4 Å². The van der Waals surface area contributed by atoms with Gasteiger partial charge in [-0.2, -0.15) is 9.46 Å². The van der Waals surface area contributed by atoms with Crippen molar-refractivity contribution in [3.63, 3.8) is 0 Å². The Balaban J connectivity index is 2.16. The molecule has 0 aliphatic heterocycles. The molecule has 112 valence electrons.